The maximum absolute atomic E-state index is 11.8. The van der Waals surface area contributed by atoms with Gasteiger partial charge >= 0.3 is 0 Å². The fraction of sp³-hybridized carbons (Fsp3) is 0.611. The van der Waals surface area contributed by atoms with Gasteiger partial charge < -0.3 is 19.7 Å². The first-order chi connectivity index (χ1) is 11.0. The van der Waals surface area contributed by atoms with Crippen LogP contribution < -0.4 is 14.8 Å². The summed E-state index contributed by atoms with van der Waals surface area (Å²) >= 11 is 0. The first-order valence-electron chi connectivity index (χ1n) is 8.29. The van der Waals surface area contributed by atoms with Crippen LogP contribution >= 0.6 is 0 Å². The number of nitrogens with one attached hydrogen (secondary N) is 1. The second kappa shape index (κ2) is 8.20. The minimum absolute atomic E-state index is 0.130. The second-order valence-electron chi connectivity index (χ2n) is 6.29. The molecule has 1 heterocycles. The van der Waals surface area contributed by atoms with Crippen LogP contribution in [0, 0.1) is 0 Å². The highest BCUT2D eigenvalue weighted by Crippen LogP contribution is 2.32. The van der Waals surface area contributed by atoms with E-state index in [1.165, 1.54) is 11.1 Å². The number of carbonyl (C=O) groups is 1. The summed E-state index contributed by atoms with van der Waals surface area (Å²) in [6.45, 7) is 6.72. The van der Waals surface area contributed by atoms with Gasteiger partial charge in [0.15, 0.2) is 11.5 Å². The molecule has 0 spiro atoms. The van der Waals surface area contributed by atoms with E-state index in [-0.39, 0.29) is 11.9 Å². The van der Waals surface area contributed by atoms with Gasteiger partial charge in [-0.1, -0.05) is 0 Å². The van der Waals surface area contributed by atoms with Gasteiger partial charge in [0.05, 0.1) is 14.2 Å². The van der Waals surface area contributed by atoms with Crippen molar-refractivity contribution in [3.8, 4) is 11.5 Å². The topological polar surface area (TPSA) is 50.8 Å². The average molecular weight is 320 g/mol. The van der Waals surface area contributed by atoms with E-state index < -0.39 is 0 Å². The van der Waals surface area contributed by atoms with Crippen LogP contribution in [-0.4, -0.2) is 50.7 Å². The van der Waals surface area contributed by atoms with Crippen molar-refractivity contribution in [2.24, 2.45) is 0 Å². The molecular weight excluding hydrogens is 292 g/mol. The summed E-state index contributed by atoms with van der Waals surface area (Å²) in [5.74, 6) is 1.71. The Kier molecular flexibility index (Phi) is 6.28. The third-order valence-electron chi connectivity index (χ3n) is 4.21. The van der Waals surface area contributed by atoms with Crippen molar-refractivity contribution in [2.75, 3.05) is 33.9 Å². The Labute approximate surface area is 139 Å². The van der Waals surface area contributed by atoms with Crippen LogP contribution in [0.15, 0.2) is 12.1 Å². The second-order valence-corrected chi connectivity index (χ2v) is 6.29. The molecule has 0 unspecified atom stereocenters. The van der Waals surface area contributed by atoms with Crippen molar-refractivity contribution >= 4 is 5.91 Å². The first-order valence-corrected chi connectivity index (χ1v) is 8.29. The molecule has 128 valence electrons. The number of hydrogen-bond acceptors (Lipinski definition) is 4. The molecule has 1 amide bonds. The molecule has 2 rings (SSSR count). The molecule has 0 atom stereocenters. The van der Waals surface area contributed by atoms with Gasteiger partial charge in [-0.05, 0) is 49.9 Å². The number of fused-ring (bicyclic) bond motifs is 1. The van der Waals surface area contributed by atoms with E-state index in [0.29, 0.717) is 6.42 Å². The third kappa shape index (κ3) is 4.86. The Balaban J connectivity index is 1.96. The zero-order valence-electron chi connectivity index (χ0n) is 14.6. The van der Waals surface area contributed by atoms with E-state index in [4.69, 9.17) is 9.47 Å². The number of ether oxygens (including phenoxy) is 2. The van der Waals surface area contributed by atoms with Crippen LogP contribution in [-0.2, 0) is 17.6 Å². The molecule has 23 heavy (non-hydrogen) atoms. The third-order valence-corrected chi connectivity index (χ3v) is 4.21. The molecule has 0 bridgehead atoms. The molecule has 1 aromatic carbocycles. The summed E-state index contributed by atoms with van der Waals surface area (Å²) < 4.78 is 10.8. The van der Waals surface area contributed by atoms with E-state index >= 15 is 0 Å². The molecule has 0 fully saturated rings. The summed E-state index contributed by atoms with van der Waals surface area (Å²) in [6.07, 6.45) is 2.50. The lowest BCUT2D eigenvalue weighted by Gasteiger charge is -2.19. The Morgan fingerprint density at radius 3 is 2.09 bits per heavy atom. The van der Waals surface area contributed by atoms with Crippen LogP contribution in [0.4, 0.5) is 0 Å². The highest BCUT2D eigenvalue weighted by Gasteiger charge is 2.18. The zero-order valence-corrected chi connectivity index (χ0v) is 14.6. The summed E-state index contributed by atoms with van der Waals surface area (Å²) in [4.78, 5) is 14.2. The SMILES string of the molecule is COc1cc2c(cc1OC)CCN(CCC(=O)NC(C)C)CC2. The fourth-order valence-electron chi connectivity index (χ4n) is 2.97. The molecule has 0 saturated heterocycles. The van der Waals surface area contributed by atoms with Crippen molar-refractivity contribution in [2.45, 2.75) is 39.2 Å². The standard InChI is InChI=1S/C18H28N2O3/c1-13(2)19-18(21)7-10-20-8-5-14-11-16(22-3)17(23-4)12-15(14)6-9-20/h11-13H,5-10H2,1-4H3,(H,19,21). The van der Waals surface area contributed by atoms with Crippen LogP contribution in [0.2, 0.25) is 0 Å². The molecule has 1 aliphatic rings. The molecule has 5 nitrogen and oxygen atoms in total. The van der Waals surface area contributed by atoms with E-state index in [1.807, 2.05) is 13.8 Å². The van der Waals surface area contributed by atoms with E-state index in [9.17, 15) is 4.79 Å². The number of benzene rings is 1. The number of carbonyl (C=O) groups excluding carboxylic acids is 1. The number of nitrogens with zero attached hydrogens (tertiary/aromatic N) is 1. The molecular formula is C18H28N2O3. The highest BCUT2D eigenvalue weighted by molar-refractivity contribution is 5.76. The summed E-state index contributed by atoms with van der Waals surface area (Å²) in [5, 5.41) is 2.95. The van der Waals surface area contributed by atoms with Crippen LogP contribution in [0.3, 0.4) is 0 Å². The lowest BCUT2D eigenvalue weighted by molar-refractivity contribution is -0.121. The minimum Gasteiger partial charge on any atom is -0.493 e. The van der Waals surface area contributed by atoms with Gasteiger partial charge in [0, 0.05) is 32.1 Å². The quantitative estimate of drug-likeness (QED) is 0.871. The lowest BCUT2D eigenvalue weighted by atomic mass is 10.0. The van der Waals surface area contributed by atoms with E-state index in [1.54, 1.807) is 14.2 Å². The predicted octanol–water partition coefficient (Wildman–Crippen LogP) is 2.02. The number of amides is 1. The van der Waals surface area contributed by atoms with Gasteiger partial charge in [-0.25, -0.2) is 0 Å². The molecule has 0 aromatic heterocycles. The number of hydrogen-bond donors (Lipinski definition) is 1. The smallest absolute Gasteiger partial charge is 0.221 e. The van der Waals surface area contributed by atoms with Crippen molar-refractivity contribution in [3.05, 3.63) is 23.3 Å². The number of methoxy groups -OCH3 is 2. The average Bonchev–Trinajstić information content (AvgIpc) is 2.72. The molecule has 5 heteroatoms. The molecule has 0 aliphatic carbocycles. The first kappa shape index (κ1) is 17.6. The van der Waals surface area contributed by atoms with Gasteiger partial charge in [0.1, 0.15) is 0 Å². The van der Waals surface area contributed by atoms with Gasteiger partial charge in [0.25, 0.3) is 0 Å². The van der Waals surface area contributed by atoms with Gasteiger partial charge in [-0.2, -0.15) is 0 Å². The van der Waals surface area contributed by atoms with Crippen molar-refractivity contribution < 1.29 is 14.3 Å². The molecule has 1 aliphatic heterocycles. The Bertz CT molecular complexity index is 508. The van der Waals surface area contributed by atoms with Gasteiger partial charge in [-0.15, -0.1) is 0 Å². The molecule has 1 aromatic rings. The lowest BCUT2D eigenvalue weighted by Crippen LogP contribution is -2.35. The Morgan fingerprint density at radius 2 is 1.65 bits per heavy atom. The van der Waals surface area contributed by atoms with Gasteiger partial charge in [-0.3, -0.25) is 4.79 Å². The zero-order chi connectivity index (χ0) is 16.8. The van der Waals surface area contributed by atoms with E-state index in [0.717, 1.165) is 44.0 Å². The van der Waals surface area contributed by atoms with Crippen molar-refractivity contribution in [1.29, 1.82) is 0 Å². The van der Waals surface area contributed by atoms with Crippen LogP contribution in [0.5, 0.6) is 11.5 Å². The summed E-state index contributed by atoms with van der Waals surface area (Å²) in [6, 6.07) is 4.38. The van der Waals surface area contributed by atoms with Crippen LogP contribution in [0.1, 0.15) is 31.4 Å². The molecule has 1 N–H and O–H groups in total. The normalized spacial score (nSPS) is 15.0. The number of rotatable bonds is 6. The minimum atomic E-state index is 0.130. The molecule has 0 saturated carbocycles. The fourth-order valence-corrected chi connectivity index (χ4v) is 2.97. The molecule has 0 radical (unpaired) electrons. The van der Waals surface area contributed by atoms with Crippen molar-refractivity contribution in [3.63, 3.8) is 0 Å². The maximum atomic E-state index is 11.8. The van der Waals surface area contributed by atoms with Crippen molar-refractivity contribution in [1.82, 2.24) is 10.2 Å². The van der Waals surface area contributed by atoms with Gasteiger partial charge in [0.2, 0.25) is 5.91 Å². The Morgan fingerprint density at radius 1 is 1.13 bits per heavy atom. The maximum Gasteiger partial charge on any atom is 0.221 e. The predicted molar refractivity (Wildman–Crippen MR) is 91.3 cm³/mol. The summed E-state index contributed by atoms with van der Waals surface area (Å²) in [5.41, 5.74) is 2.63. The van der Waals surface area contributed by atoms with Crippen LogP contribution in [0.25, 0.3) is 0 Å². The van der Waals surface area contributed by atoms with E-state index in [2.05, 4.69) is 22.3 Å². The summed E-state index contributed by atoms with van der Waals surface area (Å²) in [7, 11) is 3.33. The highest BCUT2D eigenvalue weighted by atomic mass is 16.5. The Hall–Kier alpha value is -1.75. The largest absolute Gasteiger partial charge is 0.493 e. The monoisotopic (exact) mass is 320 g/mol.